The van der Waals surface area contributed by atoms with E-state index in [0.29, 0.717) is 25.1 Å². The number of carboxylic acids is 1. The third-order valence-corrected chi connectivity index (χ3v) is 5.45. The van der Waals surface area contributed by atoms with Crippen LogP contribution in [0.3, 0.4) is 0 Å². The van der Waals surface area contributed by atoms with Crippen molar-refractivity contribution in [2.75, 3.05) is 13.1 Å². The standard InChI is InChI=1S/C15H21NO5S/c1-11(2)21-13-5-7-14(8-6-13)22(19,20)16-9-3-4-12(10-16)15(17)18/h5-8,11-12H,3-4,9-10H2,1-2H3,(H,17,18). The highest BCUT2D eigenvalue weighted by Gasteiger charge is 2.33. The number of benzene rings is 1. The van der Waals surface area contributed by atoms with Crippen molar-refractivity contribution in [3.8, 4) is 5.75 Å². The SMILES string of the molecule is CC(C)Oc1ccc(S(=O)(=O)N2CCCC(C(=O)O)C2)cc1. The summed E-state index contributed by atoms with van der Waals surface area (Å²) in [6, 6.07) is 6.23. The highest BCUT2D eigenvalue weighted by Crippen LogP contribution is 2.25. The zero-order valence-corrected chi connectivity index (χ0v) is 13.5. The molecule has 1 heterocycles. The maximum atomic E-state index is 12.6. The Bertz CT molecular complexity index is 624. The molecule has 22 heavy (non-hydrogen) atoms. The number of carboxylic acid groups (broad SMARTS) is 1. The average molecular weight is 327 g/mol. The van der Waals surface area contributed by atoms with Gasteiger partial charge in [0.25, 0.3) is 0 Å². The first-order chi connectivity index (χ1) is 10.3. The summed E-state index contributed by atoms with van der Waals surface area (Å²) in [5, 5.41) is 9.07. The minimum Gasteiger partial charge on any atom is -0.491 e. The Morgan fingerprint density at radius 2 is 1.95 bits per heavy atom. The van der Waals surface area contributed by atoms with Gasteiger partial charge < -0.3 is 9.84 Å². The summed E-state index contributed by atoms with van der Waals surface area (Å²) in [4.78, 5) is 11.2. The lowest BCUT2D eigenvalue weighted by molar-refractivity contribution is -0.142. The normalized spacial score (nSPS) is 20.0. The van der Waals surface area contributed by atoms with E-state index in [1.165, 1.54) is 16.4 Å². The lowest BCUT2D eigenvalue weighted by Gasteiger charge is -2.29. The van der Waals surface area contributed by atoms with E-state index < -0.39 is 21.9 Å². The summed E-state index contributed by atoms with van der Waals surface area (Å²) in [5.41, 5.74) is 0. The number of piperidine rings is 1. The van der Waals surface area contributed by atoms with Crippen LogP contribution in [0.4, 0.5) is 0 Å². The third kappa shape index (κ3) is 3.78. The first-order valence-electron chi connectivity index (χ1n) is 7.30. The molecule has 1 aliphatic heterocycles. The van der Waals surface area contributed by atoms with Crippen molar-refractivity contribution < 1.29 is 23.1 Å². The van der Waals surface area contributed by atoms with Crippen LogP contribution in [0.15, 0.2) is 29.2 Å². The molecule has 1 saturated heterocycles. The van der Waals surface area contributed by atoms with Gasteiger partial charge in [0.1, 0.15) is 5.75 Å². The zero-order chi connectivity index (χ0) is 16.3. The first kappa shape index (κ1) is 16.8. The van der Waals surface area contributed by atoms with Crippen LogP contribution in [-0.4, -0.2) is 43.0 Å². The average Bonchev–Trinajstić information content (AvgIpc) is 2.47. The molecule has 1 aromatic rings. The number of hydrogen-bond acceptors (Lipinski definition) is 4. The summed E-state index contributed by atoms with van der Waals surface area (Å²) >= 11 is 0. The highest BCUT2D eigenvalue weighted by molar-refractivity contribution is 7.89. The number of rotatable bonds is 5. The lowest BCUT2D eigenvalue weighted by atomic mass is 10.0. The molecule has 1 atom stereocenters. The van der Waals surface area contributed by atoms with Gasteiger partial charge in [-0.3, -0.25) is 4.79 Å². The Hall–Kier alpha value is -1.60. The Morgan fingerprint density at radius 1 is 1.32 bits per heavy atom. The van der Waals surface area contributed by atoms with Crippen LogP contribution in [0.5, 0.6) is 5.75 Å². The van der Waals surface area contributed by atoms with Gasteiger partial charge in [-0.2, -0.15) is 4.31 Å². The predicted octanol–water partition coefficient (Wildman–Crippen LogP) is 1.96. The quantitative estimate of drug-likeness (QED) is 0.894. The van der Waals surface area contributed by atoms with Crippen molar-refractivity contribution in [2.45, 2.75) is 37.7 Å². The summed E-state index contributed by atoms with van der Waals surface area (Å²) in [5.74, 6) is -0.969. The van der Waals surface area contributed by atoms with Gasteiger partial charge in [0.15, 0.2) is 0 Å². The van der Waals surface area contributed by atoms with Crippen molar-refractivity contribution in [1.82, 2.24) is 4.31 Å². The van der Waals surface area contributed by atoms with Gasteiger partial charge in [-0.15, -0.1) is 0 Å². The van der Waals surface area contributed by atoms with Crippen LogP contribution >= 0.6 is 0 Å². The molecule has 0 aromatic heterocycles. The number of aliphatic carboxylic acids is 1. The highest BCUT2D eigenvalue weighted by atomic mass is 32.2. The summed E-state index contributed by atoms with van der Waals surface area (Å²) in [6.45, 7) is 4.17. The van der Waals surface area contributed by atoms with Gasteiger partial charge in [0, 0.05) is 13.1 Å². The molecule has 1 fully saturated rings. The van der Waals surface area contributed by atoms with E-state index in [2.05, 4.69) is 0 Å². The summed E-state index contributed by atoms with van der Waals surface area (Å²) in [7, 11) is -3.66. The molecule has 1 N–H and O–H groups in total. The second-order valence-corrected chi connectivity index (χ2v) is 7.62. The van der Waals surface area contributed by atoms with E-state index in [-0.39, 0.29) is 17.5 Å². The molecule has 0 radical (unpaired) electrons. The molecule has 2 rings (SSSR count). The van der Waals surface area contributed by atoms with E-state index in [9.17, 15) is 13.2 Å². The van der Waals surface area contributed by atoms with Crippen molar-refractivity contribution in [1.29, 1.82) is 0 Å². The van der Waals surface area contributed by atoms with Gasteiger partial charge in [0.05, 0.1) is 16.9 Å². The second kappa shape index (κ2) is 6.66. The van der Waals surface area contributed by atoms with Crippen LogP contribution in [0.1, 0.15) is 26.7 Å². The minimum atomic E-state index is -3.66. The van der Waals surface area contributed by atoms with E-state index >= 15 is 0 Å². The Kier molecular flexibility index (Phi) is 5.08. The van der Waals surface area contributed by atoms with Crippen molar-refractivity contribution in [3.63, 3.8) is 0 Å². The maximum absolute atomic E-state index is 12.6. The Morgan fingerprint density at radius 3 is 2.50 bits per heavy atom. The van der Waals surface area contributed by atoms with E-state index in [4.69, 9.17) is 9.84 Å². The second-order valence-electron chi connectivity index (χ2n) is 5.68. The van der Waals surface area contributed by atoms with Crippen LogP contribution in [0.25, 0.3) is 0 Å². The monoisotopic (exact) mass is 327 g/mol. The molecule has 0 amide bonds. The molecule has 1 aromatic carbocycles. The van der Waals surface area contributed by atoms with Crippen LogP contribution in [0, 0.1) is 5.92 Å². The van der Waals surface area contributed by atoms with E-state index in [1.54, 1.807) is 12.1 Å². The molecule has 0 aliphatic carbocycles. The first-order valence-corrected chi connectivity index (χ1v) is 8.74. The largest absolute Gasteiger partial charge is 0.491 e. The lowest BCUT2D eigenvalue weighted by Crippen LogP contribution is -2.42. The molecule has 0 bridgehead atoms. The smallest absolute Gasteiger partial charge is 0.307 e. The Labute approximate surface area is 130 Å². The number of nitrogens with zero attached hydrogens (tertiary/aromatic N) is 1. The molecule has 6 nitrogen and oxygen atoms in total. The molecular weight excluding hydrogens is 306 g/mol. The maximum Gasteiger partial charge on any atom is 0.307 e. The molecule has 0 spiro atoms. The number of ether oxygens (including phenoxy) is 1. The van der Waals surface area contributed by atoms with Crippen LogP contribution in [0.2, 0.25) is 0 Å². The van der Waals surface area contributed by atoms with Gasteiger partial charge in [-0.25, -0.2) is 8.42 Å². The zero-order valence-electron chi connectivity index (χ0n) is 12.7. The van der Waals surface area contributed by atoms with Gasteiger partial charge >= 0.3 is 5.97 Å². The minimum absolute atomic E-state index is 0.0147. The summed E-state index contributed by atoms with van der Waals surface area (Å²) in [6.07, 6.45) is 1.09. The molecule has 1 unspecified atom stereocenters. The predicted molar refractivity (Wildman–Crippen MR) is 81.3 cm³/mol. The third-order valence-electron chi connectivity index (χ3n) is 3.57. The van der Waals surface area contributed by atoms with Crippen molar-refractivity contribution >= 4 is 16.0 Å². The number of sulfonamides is 1. The van der Waals surface area contributed by atoms with Crippen LogP contribution in [-0.2, 0) is 14.8 Å². The van der Waals surface area contributed by atoms with Gasteiger partial charge in [-0.1, -0.05) is 0 Å². The molecular formula is C15H21NO5S. The molecule has 0 saturated carbocycles. The number of carbonyl (C=O) groups is 1. The molecule has 122 valence electrons. The van der Waals surface area contributed by atoms with E-state index in [1.807, 2.05) is 13.8 Å². The van der Waals surface area contributed by atoms with Crippen molar-refractivity contribution in [2.24, 2.45) is 5.92 Å². The fourth-order valence-electron chi connectivity index (χ4n) is 2.47. The Balaban J connectivity index is 2.17. The topological polar surface area (TPSA) is 83.9 Å². The van der Waals surface area contributed by atoms with Crippen molar-refractivity contribution in [3.05, 3.63) is 24.3 Å². The van der Waals surface area contributed by atoms with Crippen LogP contribution < -0.4 is 4.74 Å². The van der Waals surface area contributed by atoms with Gasteiger partial charge in [-0.05, 0) is 51.0 Å². The number of hydrogen-bond donors (Lipinski definition) is 1. The fraction of sp³-hybridized carbons (Fsp3) is 0.533. The fourth-order valence-corrected chi connectivity index (χ4v) is 4.00. The summed E-state index contributed by atoms with van der Waals surface area (Å²) < 4.78 is 31.9. The molecule has 7 heteroatoms. The van der Waals surface area contributed by atoms with E-state index in [0.717, 1.165) is 0 Å². The molecule has 1 aliphatic rings. The van der Waals surface area contributed by atoms with Gasteiger partial charge in [0.2, 0.25) is 10.0 Å².